The second-order valence-corrected chi connectivity index (χ2v) is 3.10. The minimum atomic E-state index is -4.19. The molecule has 1 N–H and O–H groups in total. The molecule has 0 amide bonds. The lowest BCUT2D eigenvalue weighted by Crippen LogP contribution is -2.33. The fourth-order valence-electron chi connectivity index (χ4n) is 0.899. The van der Waals surface area contributed by atoms with Crippen molar-refractivity contribution in [2.75, 3.05) is 18.5 Å². The SMILES string of the molecule is CCNc1nccc(OCC(F)(F)C(F)F)n1. The van der Waals surface area contributed by atoms with E-state index >= 15 is 0 Å². The zero-order valence-electron chi connectivity index (χ0n) is 8.96. The predicted octanol–water partition coefficient (Wildman–Crippen LogP) is 2.19. The summed E-state index contributed by atoms with van der Waals surface area (Å²) in [6.07, 6.45) is -2.49. The van der Waals surface area contributed by atoms with Crippen molar-refractivity contribution in [1.29, 1.82) is 0 Å². The van der Waals surface area contributed by atoms with E-state index in [4.69, 9.17) is 0 Å². The summed E-state index contributed by atoms with van der Waals surface area (Å²) in [7, 11) is 0. The van der Waals surface area contributed by atoms with Crippen LogP contribution in [0.15, 0.2) is 12.3 Å². The molecule has 96 valence electrons. The van der Waals surface area contributed by atoms with Gasteiger partial charge in [0.25, 0.3) is 0 Å². The van der Waals surface area contributed by atoms with Crippen molar-refractivity contribution < 1.29 is 22.3 Å². The van der Waals surface area contributed by atoms with E-state index in [2.05, 4.69) is 20.0 Å². The maximum Gasteiger partial charge on any atom is 0.340 e. The van der Waals surface area contributed by atoms with Crippen LogP contribution in [0.1, 0.15) is 6.92 Å². The lowest BCUT2D eigenvalue weighted by Gasteiger charge is -2.15. The van der Waals surface area contributed by atoms with Crippen molar-refractivity contribution in [3.05, 3.63) is 12.3 Å². The van der Waals surface area contributed by atoms with Crippen molar-refractivity contribution in [1.82, 2.24) is 9.97 Å². The van der Waals surface area contributed by atoms with Gasteiger partial charge >= 0.3 is 12.3 Å². The minimum Gasteiger partial charge on any atom is -0.471 e. The summed E-state index contributed by atoms with van der Waals surface area (Å²) in [6.45, 7) is 0.908. The highest BCUT2D eigenvalue weighted by molar-refractivity contribution is 5.26. The maximum absolute atomic E-state index is 12.5. The normalized spacial score (nSPS) is 11.6. The molecule has 0 spiro atoms. The largest absolute Gasteiger partial charge is 0.471 e. The van der Waals surface area contributed by atoms with E-state index in [0.29, 0.717) is 6.54 Å². The van der Waals surface area contributed by atoms with Crippen LogP contribution in [0.3, 0.4) is 0 Å². The molecule has 0 saturated carbocycles. The molecule has 0 aliphatic rings. The van der Waals surface area contributed by atoms with Crippen LogP contribution < -0.4 is 10.1 Å². The summed E-state index contributed by atoms with van der Waals surface area (Å²) in [5.74, 6) is -4.19. The monoisotopic (exact) mass is 253 g/mol. The number of alkyl halides is 4. The third kappa shape index (κ3) is 4.04. The molecule has 1 aromatic rings. The Bertz CT molecular complexity index is 362. The Morgan fingerprint density at radius 3 is 2.76 bits per heavy atom. The first kappa shape index (κ1) is 13.5. The molecule has 0 radical (unpaired) electrons. The first-order valence-electron chi connectivity index (χ1n) is 4.81. The van der Waals surface area contributed by atoms with Gasteiger partial charge in [-0.05, 0) is 6.92 Å². The average molecular weight is 253 g/mol. The molecule has 0 aliphatic carbocycles. The number of hydrogen-bond acceptors (Lipinski definition) is 4. The molecule has 1 rings (SSSR count). The van der Waals surface area contributed by atoms with Crippen molar-refractivity contribution in [2.24, 2.45) is 0 Å². The molecule has 4 nitrogen and oxygen atoms in total. The summed E-state index contributed by atoms with van der Waals surface area (Å²) in [5.41, 5.74) is 0. The van der Waals surface area contributed by atoms with Gasteiger partial charge in [-0.3, -0.25) is 0 Å². The summed E-state index contributed by atoms with van der Waals surface area (Å²) in [4.78, 5) is 7.47. The number of rotatable bonds is 6. The van der Waals surface area contributed by atoms with Gasteiger partial charge < -0.3 is 10.1 Å². The molecule has 0 bridgehead atoms. The topological polar surface area (TPSA) is 47.0 Å². The highest BCUT2D eigenvalue weighted by atomic mass is 19.3. The highest BCUT2D eigenvalue weighted by Crippen LogP contribution is 2.23. The summed E-state index contributed by atoms with van der Waals surface area (Å²) < 4.78 is 53.3. The molecule has 0 fully saturated rings. The summed E-state index contributed by atoms with van der Waals surface area (Å²) >= 11 is 0. The number of ether oxygens (including phenoxy) is 1. The number of aromatic nitrogens is 2. The molecule has 17 heavy (non-hydrogen) atoms. The van der Waals surface area contributed by atoms with Gasteiger partial charge in [-0.2, -0.15) is 13.8 Å². The zero-order valence-corrected chi connectivity index (χ0v) is 8.96. The highest BCUT2D eigenvalue weighted by Gasteiger charge is 2.41. The van der Waals surface area contributed by atoms with E-state index in [0.717, 1.165) is 0 Å². The molecular weight excluding hydrogens is 242 g/mol. The number of halogens is 4. The second-order valence-electron chi connectivity index (χ2n) is 3.10. The van der Waals surface area contributed by atoms with Gasteiger partial charge in [0, 0.05) is 18.8 Å². The van der Waals surface area contributed by atoms with Crippen LogP contribution in [-0.2, 0) is 0 Å². The van der Waals surface area contributed by atoms with Crippen LogP contribution in [0.25, 0.3) is 0 Å². The Labute approximate surface area is 95.0 Å². The Morgan fingerprint density at radius 2 is 2.18 bits per heavy atom. The lowest BCUT2D eigenvalue weighted by molar-refractivity contribution is -0.148. The molecule has 0 atom stereocenters. The smallest absolute Gasteiger partial charge is 0.340 e. The predicted molar refractivity (Wildman–Crippen MR) is 52.6 cm³/mol. The van der Waals surface area contributed by atoms with Crippen LogP contribution in [0.4, 0.5) is 23.5 Å². The Morgan fingerprint density at radius 1 is 1.47 bits per heavy atom. The molecule has 0 aromatic carbocycles. The van der Waals surface area contributed by atoms with Crippen LogP contribution in [0, 0.1) is 0 Å². The van der Waals surface area contributed by atoms with E-state index in [1.54, 1.807) is 6.92 Å². The van der Waals surface area contributed by atoms with Crippen LogP contribution >= 0.6 is 0 Å². The average Bonchev–Trinajstić information content (AvgIpc) is 2.27. The van der Waals surface area contributed by atoms with E-state index in [9.17, 15) is 17.6 Å². The van der Waals surface area contributed by atoms with Gasteiger partial charge in [0.15, 0.2) is 6.61 Å². The van der Waals surface area contributed by atoms with Gasteiger partial charge in [0.2, 0.25) is 11.8 Å². The number of nitrogens with one attached hydrogen (secondary N) is 1. The van der Waals surface area contributed by atoms with E-state index in [-0.39, 0.29) is 11.8 Å². The van der Waals surface area contributed by atoms with Gasteiger partial charge in [-0.15, -0.1) is 0 Å². The molecule has 0 aliphatic heterocycles. The number of hydrogen-bond donors (Lipinski definition) is 1. The first-order chi connectivity index (χ1) is 7.95. The number of nitrogens with zero attached hydrogens (tertiary/aromatic N) is 2. The van der Waals surface area contributed by atoms with Gasteiger partial charge in [0.1, 0.15) is 0 Å². The molecule has 8 heteroatoms. The van der Waals surface area contributed by atoms with Gasteiger partial charge in [-0.1, -0.05) is 0 Å². The minimum absolute atomic E-state index is 0.184. The van der Waals surface area contributed by atoms with E-state index in [1.807, 2.05) is 0 Å². The molecule has 0 saturated heterocycles. The number of anilines is 1. The second kappa shape index (κ2) is 5.65. The van der Waals surface area contributed by atoms with Crippen molar-refractivity contribution >= 4 is 5.95 Å². The fourth-order valence-corrected chi connectivity index (χ4v) is 0.899. The van der Waals surface area contributed by atoms with Crippen LogP contribution in [-0.4, -0.2) is 35.5 Å². The molecule has 1 heterocycles. The molecule has 1 aromatic heterocycles. The standard InChI is InChI=1S/C9H11F4N3O/c1-2-14-8-15-4-3-6(16-8)17-5-9(12,13)7(10)11/h3-4,7H,2,5H2,1H3,(H,14,15,16). The van der Waals surface area contributed by atoms with Crippen molar-refractivity contribution in [2.45, 2.75) is 19.3 Å². The third-order valence-electron chi connectivity index (χ3n) is 1.70. The summed E-state index contributed by atoms with van der Waals surface area (Å²) in [5, 5.41) is 2.73. The van der Waals surface area contributed by atoms with Gasteiger partial charge in [0.05, 0.1) is 0 Å². The Hall–Kier alpha value is -1.60. The van der Waals surface area contributed by atoms with Crippen molar-refractivity contribution in [3.8, 4) is 5.88 Å². The van der Waals surface area contributed by atoms with Crippen molar-refractivity contribution in [3.63, 3.8) is 0 Å². The maximum atomic E-state index is 12.5. The van der Waals surface area contributed by atoms with Crippen LogP contribution in [0.2, 0.25) is 0 Å². The van der Waals surface area contributed by atoms with Crippen LogP contribution in [0.5, 0.6) is 5.88 Å². The molecular formula is C9H11F4N3O. The third-order valence-corrected chi connectivity index (χ3v) is 1.70. The van der Waals surface area contributed by atoms with Gasteiger partial charge in [-0.25, -0.2) is 13.8 Å². The first-order valence-corrected chi connectivity index (χ1v) is 4.81. The molecule has 0 unspecified atom stereocenters. The van der Waals surface area contributed by atoms with E-state index in [1.165, 1.54) is 12.3 Å². The quantitative estimate of drug-likeness (QED) is 0.789. The van der Waals surface area contributed by atoms with E-state index < -0.39 is 19.0 Å². The summed E-state index contributed by atoms with van der Waals surface area (Å²) in [6, 6.07) is 1.21. The lowest BCUT2D eigenvalue weighted by atomic mass is 10.4. The Balaban J connectivity index is 2.60. The Kier molecular flexibility index (Phi) is 4.47. The zero-order chi connectivity index (χ0) is 12.9. The fraction of sp³-hybridized carbons (Fsp3) is 0.556.